The van der Waals surface area contributed by atoms with Crippen molar-refractivity contribution in [2.24, 2.45) is 0 Å². The van der Waals surface area contributed by atoms with E-state index in [1.165, 1.54) is 12.8 Å². The van der Waals surface area contributed by atoms with Crippen LogP contribution >= 0.6 is 0 Å². The Bertz CT molecular complexity index is 368. The van der Waals surface area contributed by atoms with Crippen molar-refractivity contribution in [1.82, 2.24) is 9.62 Å². The molecule has 0 aromatic rings. The van der Waals surface area contributed by atoms with Gasteiger partial charge in [-0.2, -0.15) is 4.31 Å². The monoisotopic (exact) mass is 276 g/mol. The number of sulfonamides is 1. The predicted molar refractivity (Wildman–Crippen MR) is 71.0 cm³/mol. The van der Waals surface area contributed by atoms with Gasteiger partial charge >= 0.3 is 0 Å². The molecule has 0 bridgehead atoms. The second-order valence-electron chi connectivity index (χ2n) is 5.32. The fourth-order valence-corrected chi connectivity index (χ4v) is 3.98. The molecule has 2 rings (SSSR count). The van der Waals surface area contributed by atoms with Gasteiger partial charge < -0.3 is 10.1 Å². The molecule has 1 N–H and O–H groups in total. The molecule has 1 aliphatic heterocycles. The van der Waals surface area contributed by atoms with E-state index in [1.54, 1.807) is 4.31 Å². The quantitative estimate of drug-likeness (QED) is 0.770. The van der Waals surface area contributed by atoms with E-state index in [1.807, 2.05) is 13.8 Å². The summed E-state index contributed by atoms with van der Waals surface area (Å²) in [7, 11) is -3.15. The number of morpholine rings is 1. The maximum Gasteiger partial charge on any atom is 0.215 e. The fourth-order valence-electron chi connectivity index (χ4n) is 2.27. The van der Waals surface area contributed by atoms with Crippen LogP contribution in [0.15, 0.2) is 0 Å². The average molecular weight is 276 g/mol. The highest BCUT2D eigenvalue weighted by molar-refractivity contribution is 7.89. The first-order valence-corrected chi connectivity index (χ1v) is 8.48. The van der Waals surface area contributed by atoms with Crippen LogP contribution in [0.3, 0.4) is 0 Å². The third kappa shape index (κ3) is 3.66. The summed E-state index contributed by atoms with van der Waals surface area (Å²) in [4.78, 5) is 0. The Labute approximate surface area is 110 Å². The van der Waals surface area contributed by atoms with Crippen molar-refractivity contribution >= 4 is 10.0 Å². The van der Waals surface area contributed by atoms with Crippen molar-refractivity contribution in [3.05, 3.63) is 0 Å². The Kier molecular flexibility index (Phi) is 4.64. The van der Waals surface area contributed by atoms with Gasteiger partial charge in [0, 0.05) is 25.2 Å². The molecule has 0 spiro atoms. The lowest BCUT2D eigenvalue weighted by Crippen LogP contribution is -2.52. The van der Waals surface area contributed by atoms with Gasteiger partial charge in [0.15, 0.2) is 0 Å². The molecule has 2 aliphatic rings. The summed E-state index contributed by atoms with van der Waals surface area (Å²) in [6, 6.07) is 0.568. The maximum atomic E-state index is 12.3. The lowest BCUT2D eigenvalue weighted by molar-refractivity contribution is -0.0230. The van der Waals surface area contributed by atoms with E-state index in [2.05, 4.69) is 5.32 Å². The first-order valence-electron chi connectivity index (χ1n) is 6.87. The summed E-state index contributed by atoms with van der Waals surface area (Å²) in [6.45, 7) is 5.51. The Morgan fingerprint density at radius 2 is 2.11 bits per heavy atom. The normalized spacial score (nSPS) is 30.6. The Hall–Kier alpha value is -0.170. The zero-order chi connectivity index (χ0) is 13.2. The van der Waals surface area contributed by atoms with E-state index in [4.69, 9.17) is 4.74 Å². The van der Waals surface area contributed by atoms with Crippen LogP contribution < -0.4 is 5.32 Å². The van der Waals surface area contributed by atoms with Gasteiger partial charge in [-0.05, 0) is 26.2 Å². The zero-order valence-electron chi connectivity index (χ0n) is 11.3. The van der Waals surface area contributed by atoms with E-state index >= 15 is 0 Å². The molecule has 2 unspecified atom stereocenters. The fraction of sp³-hybridized carbons (Fsp3) is 1.00. The molecule has 0 aromatic carbocycles. The van der Waals surface area contributed by atoms with Gasteiger partial charge in [-0.1, -0.05) is 6.92 Å². The molecule has 1 saturated carbocycles. The van der Waals surface area contributed by atoms with Crippen LogP contribution in [-0.4, -0.2) is 56.4 Å². The van der Waals surface area contributed by atoms with Crippen molar-refractivity contribution in [2.45, 2.75) is 51.3 Å². The molecule has 5 nitrogen and oxygen atoms in total. The molecule has 1 aliphatic carbocycles. The number of ether oxygens (including phenoxy) is 1. The number of hydrogen-bond donors (Lipinski definition) is 1. The SMILES string of the molecule is CCC1COC(C)CN1S(=O)(=O)CCNC1CC1. The summed E-state index contributed by atoms with van der Waals surface area (Å²) < 4.78 is 31.9. The molecular weight excluding hydrogens is 252 g/mol. The summed E-state index contributed by atoms with van der Waals surface area (Å²) >= 11 is 0. The highest BCUT2D eigenvalue weighted by Gasteiger charge is 2.34. The van der Waals surface area contributed by atoms with Crippen LogP contribution in [0.4, 0.5) is 0 Å². The van der Waals surface area contributed by atoms with Gasteiger partial charge in [0.1, 0.15) is 0 Å². The molecule has 106 valence electrons. The van der Waals surface area contributed by atoms with Gasteiger partial charge in [-0.25, -0.2) is 8.42 Å². The van der Waals surface area contributed by atoms with Crippen LogP contribution in [0.1, 0.15) is 33.1 Å². The number of hydrogen-bond acceptors (Lipinski definition) is 4. The van der Waals surface area contributed by atoms with Crippen molar-refractivity contribution in [3.8, 4) is 0 Å². The largest absolute Gasteiger partial charge is 0.375 e. The topological polar surface area (TPSA) is 58.6 Å². The van der Waals surface area contributed by atoms with Crippen molar-refractivity contribution in [3.63, 3.8) is 0 Å². The second-order valence-corrected chi connectivity index (χ2v) is 7.36. The molecule has 0 aromatic heterocycles. The predicted octanol–water partition coefficient (Wildman–Crippen LogP) is 0.568. The van der Waals surface area contributed by atoms with Gasteiger partial charge in [-0.15, -0.1) is 0 Å². The zero-order valence-corrected chi connectivity index (χ0v) is 12.1. The maximum absolute atomic E-state index is 12.3. The van der Waals surface area contributed by atoms with E-state index in [-0.39, 0.29) is 17.9 Å². The number of nitrogens with zero attached hydrogens (tertiary/aromatic N) is 1. The summed E-state index contributed by atoms with van der Waals surface area (Å²) in [5.41, 5.74) is 0. The molecule has 0 radical (unpaired) electrons. The van der Waals surface area contributed by atoms with Crippen LogP contribution in [0.5, 0.6) is 0 Å². The third-order valence-corrected chi connectivity index (χ3v) is 5.50. The third-order valence-electron chi connectivity index (χ3n) is 3.62. The van der Waals surface area contributed by atoms with Crippen LogP contribution in [0.2, 0.25) is 0 Å². The summed E-state index contributed by atoms with van der Waals surface area (Å²) in [5, 5.41) is 3.26. The first-order chi connectivity index (χ1) is 8.53. The molecule has 2 atom stereocenters. The highest BCUT2D eigenvalue weighted by Crippen LogP contribution is 2.20. The summed E-state index contributed by atoms with van der Waals surface area (Å²) in [5.74, 6) is 0.201. The van der Waals surface area contributed by atoms with E-state index in [0.29, 0.717) is 25.7 Å². The molecule has 2 fully saturated rings. The second kappa shape index (κ2) is 5.86. The lowest BCUT2D eigenvalue weighted by Gasteiger charge is -2.37. The van der Waals surface area contributed by atoms with E-state index < -0.39 is 10.0 Å². The minimum absolute atomic E-state index is 0.000957. The molecule has 0 amide bonds. The van der Waals surface area contributed by atoms with Crippen LogP contribution in [0.25, 0.3) is 0 Å². The smallest absolute Gasteiger partial charge is 0.215 e. The van der Waals surface area contributed by atoms with Crippen molar-refractivity contribution < 1.29 is 13.2 Å². The van der Waals surface area contributed by atoms with Crippen LogP contribution in [0, 0.1) is 0 Å². The van der Waals surface area contributed by atoms with Crippen molar-refractivity contribution in [1.29, 1.82) is 0 Å². The number of nitrogens with one attached hydrogen (secondary N) is 1. The van der Waals surface area contributed by atoms with Gasteiger partial charge in [0.25, 0.3) is 0 Å². The minimum atomic E-state index is -3.15. The molecule has 1 heterocycles. The Morgan fingerprint density at radius 1 is 1.39 bits per heavy atom. The highest BCUT2D eigenvalue weighted by atomic mass is 32.2. The molecular formula is C12H24N2O3S. The lowest BCUT2D eigenvalue weighted by atomic mass is 10.2. The van der Waals surface area contributed by atoms with Gasteiger partial charge in [0.05, 0.1) is 18.5 Å². The standard InChI is InChI=1S/C12H24N2O3S/c1-3-12-9-17-10(2)8-14(12)18(15,16)7-6-13-11-4-5-11/h10-13H,3-9H2,1-2H3. The minimum Gasteiger partial charge on any atom is -0.375 e. The Morgan fingerprint density at radius 3 is 2.72 bits per heavy atom. The molecule has 1 saturated heterocycles. The van der Waals surface area contributed by atoms with E-state index in [0.717, 1.165) is 6.42 Å². The number of rotatable bonds is 6. The summed E-state index contributed by atoms with van der Waals surface area (Å²) in [6.07, 6.45) is 3.18. The average Bonchev–Trinajstić information content (AvgIpc) is 3.13. The molecule has 6 heteroatoms. The Balaban J connectivity index is 1.91. The molecule has 18 heavy (non-hydrogen) atoms. The van der Waals surface area contributed by atoms with Gasteiger partial charge in [0.2, 0.25) is 10.0 Å². The van der Waals surface area contributed by atoms with Crippen LogP contribution in [-0.2, 0) is 14.8 Å². The first kappa shape index (κ1) is 14.2. The van der Waals surface area contributed by atoms with E-state index in [9.17, 15) is 8.42 Å². The van der Waals surface area contributed by atoms with Gasteiger partial charge in [-0.3, -0.25) is 0 Å². The van der Waals surface area contributed by atoms with Crippen molar-refractivity contribution in [2.75, 3.05) is 25.4 Å².